The zero-order valence-corrected chi connectivity index (χ0v) is 11.4. The van der Waals surface area contributed by atoms with Crippen molar-refractivity contribution in [2.75, 3.05) is 5.73 Å². The fraction of sp³-hybridized carbons (Fsp3) is 0.333. The Kier molecular flexibility index (Phi) is 4.00. The van der Waals surface area contributed by atoms with Gasteiger partial charge in [-0.05, 0) is 37.5 Å². The molecule has 0 saturated carbocycles. The van der Waals surface area contributed by atoms with E-state index in [-0.39, 0.29) is 11.2 Å². The number of aryl methyl sites for hydroxylation is 2. The number of aromatic nitrogens is 2. The predicted molar refractivity (Wildman–Crippen MR) is 77.6 cm³/mol. The lowest BCUT2D eigenvalue weighted by atomic mass is 10.1. The number of benzene rings is 1. The van der Waals surface area contributed by atoms with Gasteiger partial charge in [-0.25, -0.2) is 4.68 Å². The third-order valence-corrected chi connectivity index (χ3v) is 3.13. The van der Waals surface area contributed by atoms with E-state index in [1.807, 2.05) is 19.1 Å². The van der Waals surface area contributed by atoms with Gasteiger partial charge < -0.3 is 5.73 Å². The highest BCUT2D eigenvalue weighted by Gasteiger charge is 2.04. The largest absolute Gasteiger partial charge is 0.379 e. The molecule has 1 aromatic heterocycles. The zero-order chi connectivity index (χ0) is 13.8. The Morgan fingerprint density at radius 3 is 2.58 bits per heavy atom. The second-order valence-electron chi connectivity index (χ2n) is 4.72. The summed E-state index contributed by atoms with van der Waals surface area (Å²) in [6, 6.07) is 9.72. The van der Waals surface area contributed by atoms with E-state index in [2.05, 4.69) is 24.2 Å². The van der Waals surface area contributed by atoms with E-state index in [4.69, 9.17) is 5.73 Å². The maximum Gasteiger partial charge on any atom is 0.224 e. The van der Waals surface area contributed by atoms with E-state index in [1.165, 1.54) is 24.5 Å². The van der Waals surface area contributed by atoms with Crippen molar-refractivity contribution >= 4 is 5.82 Å². The van der Waals surface area contributed by atoms with Crippen molar-refractivity contribution in [1.82, 2.24) is 9.78 Å². The summed E-state index contributed by atoms with van der Waals surface area (Å²) in [5.41, 5.74) is 8.37. The van der Waals surface area contributed by atoms with Crippen LogP contribution in [0.4, 0.5) is 5.82 Å². The Morgan fingerprint density at radius 1 is 1.26 bits per heavy atom. The third-order valence-electron chi connectivity index (χ3n) is 3.13. The summed E-state index contributed by atoms with van der Waals surface area (Å²) in [6.45, 7) is 4.03. The van der Waals surface area contributed by atoms with Gasteiger partial charge >= 0.3 is 0 Å². The van der Waals surface area contributed by atoms with Crippen molar-refractivity contribution in [2.24, 2.45) is 0 Å². The average Bonchev–Trinajstić information content (AvgIpc) is 2.41. The molecule has 2 N–H and O–H groups in total. The van der Waals surface area contributed by atoms with Gasteiger partial charge in [0.1, 0.15) is 0 Å². The number of nitrogens with two attached hydrogens (primary N) is 1. The molecule has 0 amide bonds. The van der Waals surface area contributed by atoms with E-state index in [0.717, 1.165) is 17.8 Å². The molecule has 0 unspecified atom stereocenters. The predicted octanol–water partition coefficient (Wildman–Crippen LogP) is 2.47. The lowest BCUT2D eigenvalue weighted by molar-refractivity contribution is 0.789. The summed E-state index contributed by atoms with van der Waals surface area (Å²) in [7, 11) is 0. The molecule has 0 bridgehead atoms. The van der Waals surface area contributed by atoms with Gasteiger partial charge in [-0.2, -0.15) is 0 Å². The molecule has 0 radical (unpaired) electrons. The number of nitrogens with zero attached hydrogens (tertiary/aromatic N) is 2. The quantitative estimate of drug-likeness (QED) is 0.915. The molecular weight excluding hydrogens is 238 g/mol. The van der Waals surface area contributed by atoms with Crippen molar-refractivity contribution in [1.29, 1.82) is 0 Å². The molecule has 0 aliphatic heterocycles. The van der Waals surface area contributed by atoms with Crippen LogP contribution in [0, 0.1) is 6.92 Å². The van der Waals surface area contributed by atoms with Crippen molar-refractivity contribution in [3.63, 3.8) is 0 Å². The molecule has 1 aromatic carbocycles. The Labute approximate surface area is 112 Å². The normalized spacial score (nSPS) is 10.6. The number of nitrogen functional groups attached to an aromatic ring is 1. The Morgan fingerprint density at radius 2 is 1.95 bits per heavy atom. The third kappa shape index (κ3) is 3.02. The number of rotatable bonds is 4. The van der Waals surface area contributed by atoms with Crippen LogP contribution in [0.2, 0.25) is 0 Å². The SMILES string of the molecule is CCCCc1ccc(-n2nc(N)c(=O)cc2C)cc1. The lowest BCUT2D eigenvalue weighted by Crippen LogP contribution is -2.17. The van der Waals surface area contributed by atoms with E-state index in [1.54, 1.807) is 4.68 Å². The van der Waals surface area contributed by atoms with Crippen LogP contribution in [0.25, 0.3) is 5.69 Å². The van der Waals surface area contributed by atoms with Crippen LogP contribution in [-0.2, 0) is 6.42 Å². The van der Waals surface area contributed by atoms with Gasteiger partial charge in [-0.3, -0.25) is 4.79 Å². The molecule has 0 spiro atoms. The van der Waals surface area contributed by atoms with Gasteiger partial charge in [-0.15, -0.1) is 5.10 Å². The molecule has 1 heterocycles. The fourth-order valence-corrected chi connectivity index (χ4v) is 2.01. The number of hydrogen-bond donors (Lipinski definition) is 1. The molecule has 100 valence electrons. The highest BCUT2D eigenvalue weighted by atomic mass is 16.1. The highest BCUT2D eigenvalue weighted by molar-refractivity contribution is 5.37. The van der Waals surface area contributed by atoms with Gasteiger partial charge in [0.2, 0.25) is 5.43 Å². The maximum atomic E-state index is 11.4. The van der Waals surface area contributed by atoms with Crippen molar-refractivity contribution < 1.29 is 0 Å². The summed E-state index contributed by atoms with van der Waals surface area (Å²) in [6.07, 6.45) is 3.48. The minimum absolute atomic E-state index is 0.0284. The van der Waals surface area contributed by atoms with E-state index in [9.17, 15) is 4.79 Å². The summed E-state index contributed by atoms with van der Waals surface area (Å²) >= 11 is 0. The van der Waals surface area contributed by atoms with Crippen LogP contribution in [-0.4, -0.2) is 9.78 Å². The maximum absolute atomic E-state index is 11.4. The molecule has 4 heteroatoms. The van der Waals surface area contributed by atoms with Crippen LogP contribution in [0.5, 0.6) is 0 Å². The highest BCUT2D eigenvalue weighted by Crippen LogP contribution is 2.12. The van der Waals surface area contributed by atoms with Crippen LogP contribution in [0.1, 0.15) is 31.0 Å². The molecule has 0 aliphatic rings. The Balaban J connectivity index is 2.32. The first-order chi connectivity index (χ1) is 9.11. The Bertz CT molecular complexity index is 614. The lowest BCUT2D eigenvalue weighted by Gasteiger charge is -2.10. The minimum atomic E-state index is -0.228. The van der Waals surface area contributed by atoms with Gasteiger partial charge in [0, 0.05) is 11.8 Å². The zero-order valence-electron chi connectivity index (χ0n) is 11.4. The monoisotopic (exact) mass is 257 g/mol. The van der Waals surface area contributed by atoms with Gasteiger partial charge in [0.25, 0.3) is 0 Å². The first kappa shape index (κ1) is 13.3. The Hall–Kier alpha value is -2.10. The second-order valence-corrected chi connectivity index (χ2v) is 4.72. The number of anilines is 1. The minimum Gasteiger partial charge on any atom is -0.379 e. The standard InChI is InChI=1S/C15H19N3O/c1-3-4-5-12-6-8-13(9-7-12)18-11(2)10-14(19)15(16)17-18/h6-10H,3-5H2,1-2H3,(H2,16,17). The van der Waals surface area contributed by atoms with E-state index < -0.39 is 0 Å². The first-order valence-corrected chi connectivity index (χ1v) is 6.57. The molecule has 4 nitrogen and oxygen atoms in total. The summed E-state index contributed by atoms with van der Waals surface area (Å²) in [4.78, 5) is 11.4. The molecular formula is C15H19N3O. The summed E-state index contributed by atoms with van der Waals surface area (Å²) in [5.74, 6) is 0.0284. The van der Waals surface area contributed by atoms with E-state index >= 15 is 0 Å². The van der Waals surface area contributed by atoms with E-state index in [0.29, 0.717) is 0 Å². The van der Waals surface area contributed by atoms with Crippen LogP contribution in [0.3, 0.4) is 0 Å². The fourth-order valence-electron chi connectivity index (χ4n) is 2.01. The van der Waals surface area contributed by atoms with Crippen molar-refractivity contribution in [2.45, 2.75) is 33.1 Å². The van der Waals surface area contributed by atoms with Crippen molar-refractivity contribution in [3.05, 3.63) is 51.8 Å². The number of unbranched alkanes of at least 4 members (excludes halogenated alkanes) is 1. The van der Waals surface area contributed by atoms with Crippen LogP contribution < -0.4 is 11.2 Å². The van der Waals surface area contributed by atoms with Gasteiger partial charge in [0.15, 0.2) is 5.82 Å². The summed E-state index contributed by atoms with van der Waals surface area (Å²) in [5, 5.41) is 4.12. The molecule has 0 fully saturated rings. The molecule has 0 aliphatic carbocycles. The van der Waals surface area contributed by atoms with Gasteiger partial charge in [-0.1, -0.05) is 25.5 Å². The molecule has 2 rings (SSSR count). The van der Waals surface area contributed by atoms with Crippen LogP contribution in [0.15, 0.2) is 35.1 Å². The average molecular weight is 257 g/mol. The summed E-state index contributed by atoms with van der Waals surface area (Å²) < 4.78 is 1.69. The smallest absolute Gasteiger partial charge is 0.224 e. The molecule has 0 atom stereocenters. The number of hydrogen-bond acceptors (Lipinski definition) is 3. The molecule has 0 saturated heterocycles. The first-order valence-electron chi connectivity index (χ1n) is 6.57. The van der Waals surface area contributed by atoms with Crippen molar-refractivity contribution in [3.8, 4) is 5.69 Å². The van der Waals surface area contributed by atoms with Crippen LogP contribution >= 0.6 is 0 Å². The molecule has 2 aromatic rings. The molecule has 19 heavy (non-hydrogen) atoms. The second kappa shape index (κ2) is 5.69. The van der Waals surface area contributed by atoms with Gasteiger partial charge in [0.05, 0.1) is 5.69 Å². The topological polar surface area (TPSA) is 60.9 Å².